The molecule has 0 amide bonds. The number of hydrogen-bond acceptors (Lipinski definition) is 4. The van der Waals surface area contributed by atoms with Gasteiger partial charge in [0.15, 0.2) is 5.58 Å². The zero-order valence-corrected chi connectivity index (χ0v) is 12.5. The molecule has 5 nitrogen and oxygen atoms in total. The molecule has 1 unspecified atom stereocenters. The van der Waals surface area contributed by atoms with Gasteiger partial charge < -0.3 is 9.73 Å². The van der Waals surface area contributed by atoms with Crippen LogP contribution in [-0.4, -0.2) is 42.2 Å². The zero-order chi connectivity index (χ0) is 14.7. The molecule has 1 fully saturated rings. The summed E-state index contributed by atoms with van der Waals surface area (Å²) in [5, 5.41) is 3.27. The van der Waals surface area contributed by atoms with Crippen molar-refractivity contribution in [1.29, 1.82) is 0 Å². The van der Waals surface area contributed by atoms with E-state index < -0.39 is 0 Å². The summed E-state index contributed by atoms with van der Waals surface area (Å²) in [6, 6.07) is 8.21. The summed E-state index contributed by atoms with van der Waals surface area (Å²) in [5.41, 5.74) is 1.57. The quantitative estimate of drug-likeness (QED) is 0.909. The van der Waals surface area contributed by atoms with Crippen LogP contribution < -0.4 is 11.1 Å². The molecule has 0 saturated carbocycles. The molecular formula is C16H23N3O2. The van der Waals surface area contributed by atoms with Gasteiger partial charge in [0.1, 0.15) is 0 Å². The first-order chi connectivity index (χ1) is 10.3. The van der Waals surface area contributed by atoms with Crippen LogP contribution in [0.4, 0.5) is 0 Å². The number of likely N-dealkylation sites (tertiary alicyclic amines) is 1. The Bertz CT molecular complexity index is 644. The standard InChI is InChI=1S/C16H23N3O2/c1-17-12-13-6-4-5-9-18(13)10-11-19-14-7-2-3-8-15(14)21-16(19)20/h2-3,7-8,13,17H,4-6,9-12H2,1H3. The number of nitrogens with zero attached hydrogens (tertiary/aromatic N) is 2. The van der Waals surface area contributed by atoms with E-state index in [0.717, 1.165) is 25.2 Å². The number of piperidine rings is 1. The maximum atomic E-state index is 12.0. The van der Waals surface area contributed by atoms with E-state index in [4.69, 9.17) is 4.42 Å². The van der Waals surface area contributed by atoms with Crippen molar-refractivity contribution in [2.24, 2.45) is 0 Å². The predicted molar refractivity (Wildman–Crippen MR) is 83.6 cm³/mol. The molecule has 114 valence electrons. The average Bonchev–Trinajstić information content (AvgIpc) is 2.82. The van der Waals surface area contributed by atoms with Crippen molar-refractivity contribution in [1.82, 2.24) is 14.8 Å². The van der Waals surface area contributed by atoms with E-state index in [2.05, 4.69) is 10.2 Å². The van der Waals surface area contributed by atoms with Crippen LogP contribution in [0.2, 0.25) is 0 Å². The van der Waals surface area contributed by atoms with Gasteiger partial charge in [-0.15, -0.1) is 0 Å². The minimum Gasteiger partial charge on any atom is -0.408 e. The number of aromatic nitrogens is 1. The number of nitrogens with one attached hydrogen (secondary N) is 1. The van der Waals surface area contributed by atoms with Crippen LogP contribution in [0.15, 0.2) is 33.5 Å². The molecule has 1 aliphatic heterocycles. The van der Waals surface area contributed by atoms with E-state index in [-0.39, 0.29) is 5.76 Å². The Kier molecular flexibility index (Phi) is 4.41. The molecule has 2 heterocycles. The smallest absolute Gasteiger partial charge is 0.408 e. The van der Waals surface area contributed by atoms with Gasteiger partial charge in [0.25, 0.3) is 0 Å². The normalized spacial score (nSPS) is 20.1. The Balaban J connectivity index is 1.73. The van der Waals surface area contributed by atoms with E-state index in [1.807, 2.05) is 31.3 Å². The molecular weight excluding hydrogens is 266 g/mol. The molecule has 1 aromatic heterocycles. The first-order valence-corrected chi connectivity index (χ1v) is 7.76. The molecule has 1 aromatic carbocycles. The van der Waals surface area contributed by atoms with Crippen molar-refractivity contribution in [3.63, 3.8) is 0 Å². The summed E-state index contributed by atoms with van der Waals surface area (Å²) in [7, 11) is 2.00. The summed E-state index contributed by atoms with van der Waals surface area (Å²) >= 11 is 0. The average molecular weight is 289 g/mol. The number of para-hydroxylation sites is 2. The summed E-state index contributed by atoms with van der Waals surface area (Å²) in [6.07, 6.45) is 3.79. The Morgan fingerprint density at radius 2 is 2.14 bits per heavy atom. The molecule has 0 bridgehead atoms. The summed E-state index contributed by atoms with van der Waals surface area (Å²) < 4.78 is 7.04. The lowest BCUT2D eigenvalue weighted by Gasteiger charge is -2.35. The maximum absolute atomic E-state index is 12.0. The van der Waals surface area contributed by atoms with Gasteiger partial charge in [0, 0.05) is 25.7 Å². The molecule has 21 heavy (non-hydrogen) atoms. The third kappa shape index (κ3) is 3.04. The van der Waals surface area contributed by atoms with Gasteiger partial charge in [-0.05, 0) is 38.6 Å². The largest absolute Gasteiger partial charge is 0.419 e. The minimum absolute atomic E-state index is 0.252. The fourth-order valence-corrected chi connectivity index (χ4v) is 3.28. The fourth-order valence-electron chi connectivity index (χ4n) is 3.28. The van der Waals surface area contributed by atoms with Crippen molar-refractivity contribution in [2.45, 2.75) is 31.8 Å². The highest BCUT2D eigenvalue weighted by atomic mass is 16.4. The molecule has 3 rings (SSSR count). The highest BCUT2D eigenvalue weighted by molar-refractivity contribution is 5.72. The van der Waals surface area contributed by atoms with Gasteiger partial charge >= 0.3 is 5.76 Å². The first-order valence-electron chi connectivity index (χ1n) is 7.76. The summed E-state index contributed by atoms with van der Waals surface area (Å²) in [5.74, 6) is -0.252. The Labute approximate surface area is 124 Å². The van der Waals surface area contributed by atoms with Crippen LogP contribution >= 0.6 is 0 Å². The number of oxazole rings is 1. The van der Waals surface area contributed by atoms with Crippen LogP contribution in [0, 0.1) is 0 Å². The van der Waals surface area contributed by atoms with Crippen LogP contribution in [-0.2, 0) is 6.54 Å². The lowest BCUT2D eigenvalue weighted by atomic mass is 10.0. The molecule has 1 atom stereocenters. The number of benzene rings is 1. The summed E-state index contributed by atoms with van der Waals surface area (Å²) in [6.45, 7) is 3.73. The molecule has 1 aliphatic rings. The molecule has 1 N–H and O–H groups in total. The van der Waals surface area contributed by atoms with Crippen molar-refractivity contribution in [3.05, 3.63) is 34.8 Å². The number of hydrogen-bond donors (Lipinski definition) is 1. The molecule has 2 aromatic rings. The molecule has 5 heteroatoms. The van der Waals surface area contributed by atoms with Crippen molar-refractivity contribution in [3.8, 4) is 0 Å². The Morgan fingerprint density at radius 3 is 3.00 bits per heavy atom. The van der Waals surface area contributed by atoms with E-state index in [0.29, 0.717) is 18.2 Å². The van der Waals surface area contributed by atoms with E-state index >= 15 is 0 Å². The van der Waals surface area contributed by atoms with E-state index in [1.165, 1.54) is 19.3 Å². The third-order valence-electron chi connectivity index (χ3n) is 4.37. The molecule has 0 aliphatic carbocycles. The first kappa shape index (κ1) is 14.4. The van der Waals surface area contributed by atoms with Crippen molar-refractivity contribution < 1.29 is 4.42 Å². The lowest BCUT2D eigenvalue weighted by Crippen LogP contribution is -2.46. The van der Waals surface area contributed by atoms with E-state index in [9.17, 15) is 4.79 Å². The lowest BCUT2D eigenvalue weighted by molar-refractivity contribution is 0.141. The van der Waals surface area contributed by atoms with Crippen LogP contribution in [0.1, 0.15) is 19.3 Å². The number of fused-ring (bicyclic) bond motifs is 1. The highest BCUT2D eigenvalue weighted by Gasteiger charge is 2.21. The zero-order valence-electron chi connectivity index (χ0n) is 12.5. The van der Waals surface area contributed by atoms with Crippen LogP contribution in [0.25, 0.3) is 11.1 Å². The second kappa shape index (κ2) is 6.45. The second-order valence-electron chi connectivity index (χ2n) is 5.73. The Morgan fingerprint density at radius 1 is 1.29 bits per heavy atom. The number of rotatable bonds is 5. The third-order valence-corrected chi connectivity index (χ3v) is 4.37. The highest BCUT2D eigenvalue weighted by Crippen LogP contribution is 2.17. The van der Waals surface area contributed by atoms with Crippen LogP contribution in [0.5, 0.6) is 0 Å². The molecule has 0 radical (unpaired) electrons. The fraction of sp³-hybridized carbons (Fsp3) is 0.562. The predicted octanol–water partition coefficient (Wildman–Crippen LogP) is 1.67. The van der Waals surface area contributed by atoms with Crippen LogP contribution in [0.3, 0.4) is 0 Å². The molecule has 1 saturated heterocycles. The SMILES string of the molecule is CNCC1CCCCN1CCn1c(=O)oc2ccccc21. The van der Waals surface area contributed by atoms with Crippen molar-refractivity contribution in [2.75, 3.05) is 26.7 Å². The van der Waals surface area contributed by atoms with Gasteiger partial charge in [0.2, 0.25) is 0 Å². The second-order valence-corrected chi connectivity index (χ2v) is 5.73. The molecule has 0 spiro atoms. The Hall–Kier alpha value is -1.59. The summed E-state index contributed by atoms with van der Waals surface area (Å²) in [4.78, 5) is 14.5. The monoisotopic (exact) mass is 289 g/mol. The van der Waals surface area contributed by atoms with Gasteiger partial charge in [-0.3, -0.25) is 9.47 Å². The van der Waals surface area contributed by atoms with Gasteiger partial charge in [-0.1, -0.05) is 18.6 Å². The van der Waals surface area contributed by atoms with Gasteiger partial charge in [-0.25, -0.2) is 4.79 Å². The minimum atomic E-state index is -0.252. The topological polar surface area (TPSA) is 50.4 Å². The maximum Gasteiger partial charge on any atom is 0.419 e. The van der Waals surface area contributed by atoms with E-state index in [1.54, 1.807) is 4.57 Å². The number of likely N-dealkylation sites (N-methyl/N-ethyl adjacent to an activating group) is 1. The van der Waals surface area contributed by atoms with Gasteiger partial charge in [-0.2, -0.15) is 0 Å². The van der Waals surface area contributed by atoms with Gasteiger partial charge in [0.05, 0.1) is 5.52 Å². The van der Waals surface area contributed by atoms with Crippen molar-refractivity contribution >= 4 is 11.1 Å².